The molecular formula is C13H12Cl2N4O2S. The Kier molecular flexibility index (Phi) is 3.58. The molecular weight excluding hydrogens is 347 g/mol. The molecule has 0 aliphatic carbocycles. The van der Waals surface area contributed by atoms with Crippen LogP contribution >= 0.6 is 23.2 Å². The van der Waals surface area contributed by atoms with Crippen LogP contribution in [0.25, 0.3) is 10.9 Å². The molecule has 22 heavy (non-hydrogen) atoms. The number of fused-ring (bicyclic) bond motifs is 1. The molecule has 1 aromatic carbocycles. The number of hydrogen-bond donors (Lipinski definition) is 2. The lowest BCUT2D eigenvalue weighted by molar-refractivity contribution is 0.602. The second kappa shape index (κ2) is 5.19. The standard InChI is InChI=1S/C13H12Cl2N4O2S/c1-7-12(5-17-19(7)2)18-22(20,21)13-6-16-11-4-10(15)9(14)3-8(11)13/h3-6,16,18H,1-2H3. The number of aromatic amines is 1. The van der Waals surface area contributed by atoms with Gasteiger partial charge in [0.1, 0.15) is 4.90 Å². The van der Waals surface area contributed by atoms with Gasteiger partial charge in [0.05, 0.1) is 27.6 Å². The van der Waals surface area contributed by atoms with Crippen molar-refractivity contribution in [3.8, 4) is 0 Å². The van der Waals surface area contributed by atoms with Crippen LogP contribution in [0.2, 0.25) is 10.0 Å². The molecule has 0 atom stereocenters. The highest BCUT2D eigenvalue weighted by atomic mass is 35.5. The van der Waals surface area contributed by atoms with E-state index in [1.165, 1.54) is 18.5 Å². The van der Waals surface area contributed by atoms with Gasteiger partial charge in [-0.15, -0.1) is 0 Å². The second-order valence-electron chi connectivity index (χ2n) is 4.84. The predicted molar refractivity (Wildman–Crippen MR) is 87.1 cm³/mol. The van der Waals surface area contributed by atoms with Crippen LogP contribution in [0.3, 0.4) is 0 Å². The van der Waals surface area contributed by atoms with Crippen LogP contribution in [0.15, 0.2) is 29.4 Å². The van der Waals surface area contributed by atoms with Crippen molar-refractivity contribution in [2.45, 2.75) is 11.8 Å². The Balaban J connectivity index is 2.09. The molecule has 2 N–H and O–H groups in total. The van der Waals surface area contributed by atoms with E-state index in [1.54, 1.807) is 24.7 Å². The molecule has 0 saturated carbocycles. The Morgan fingerprint density at radius 2 is 1.95 bits per heavy atom. The number of halogens is 2. The fraction of sp³-hybridized carbons (Fsp3) is 0.154. The van der Waals surface area contributed by atoms with Gasteiger partial charge in [-0.25, -0.2) is 8.42 Å². The molecule has 0 amide bonds. The molecule has 0 fully saturated rings. The molecule has 2 heterocycles. The van der Waals surface area contributed by atoms with Crippen molar-refractivity contribution in [1.29, 1.82) is 0 Å². The van der Waals surface area contributed by atoms with Crippen molar-refractivity contribution in [3.05, 3.63) is 40.3 Å². The Labute approximate surface area is 137 Å². The SMILES string of the molecule is Cc1c(NS(=O)(=O)c2c[nH]c3cc(Cl)c(Cl)cc23)cnn1C. The van der Waals surface area contributed by atoms with Crippen LogP contribution in [0.5, 0.6) is 0 Å². The van der Waals surface area contributed by atoms with Gasteiger partial charge in [0, 0.05) is 24.1 Å². The van der Waals surface area contributed by atoms with Crippen molar-refractivity contribution < 1.29 is 8.42 Å². The molecule has 9 heteroatoms. The summed E-state index contributed by atoms with van der Waals surface area (Å²) in [5.74, 6) is 0. The minimum atomic E-state index is -3.77. The fourth-order valence-electron chi connectivity index (χ4n) is 2.11. The minimum Gasteiger partial charge on any atom is -0.360 e. The van der Waals surface area contributed by atoms with Crippen LogP contribution < -0.4 is 4.72 Å². The highest BCUT2D eigenvalue weighted by Gasteiger charge is 2.21. The average Bonchev–Trinajstić information content (AvgIpc) is 2.98. The number of sulfonamides is 1. The molecule has 0 aliphatic heterocycles. The van der Waals surface area contributed by atoms with Crippen molar-refractivity contribution in [1.82, 2.24) is 14.8 Å². The monoisotopic (exact) mass is 358 g/mol. The summed E-state index contributed by atoms with van der Waals surface area (Å²) < 4.78 is 29.3. The van der Waals surface area contributed by atoms with Crippen LogP contribution in [0, 0.1) is 6.92 Å². The van der Waals surface area contributed by atoms with Gasteiger partial charge in [-0.2, -0.15) is 5.10 Å². The maximum Gasteiger partial charge on any atom is 0.264 e. The lowest BCUT2D eigenvalue weighted by Gasteiger charge is -2.07. The van der Waals surface area contributed by atoms with E-state index >= 15 is 0 Å². The Bertz CT molecular complexity index is 976. The Morgan fingerprint density at radius 3 is 2.59 bits per heavy atom. The number of aromatic nitrogens is 3. The van der Waals surface area contributed by atoms with E-state index in [0.29, 0.717) is 32.3 Å². The number of hydrogen-bond acceptors (Lipinski definition) is 3. The van der Waals surface area contributed by atoms with E-state index in [0.717, 1.165) is 0 Å². The van der Waals surface area contributed by atoms with Crippen LogP contribution in [-0.4, -0.2) is 23.2 Å². The first-order valence-electron chi connectivity index (χ1n) is 6.27. The van der Waals surface area contributed by atoms with Gasteiger partial charge in [-0.3, -0.25) is 9.40 Å². The van der Waals surface area contributed by atoms with Gasteiger partial charge in [0.2, 0.25) is 0 Å². The normalized spacial score (nSPS) is 12.0. The van der Waals surface area contributed by atoms with E-state index < -0.39 is 10.0 Å². The van der Waals surface area contributed by atoms with Gasteiger partial charge < -0.3 is 4.98 Å². The van der Waals surface area contributed by atoms with Crippen LogP contribution in [0.1, 0.15) is 5.69 Å². The first-order valence-corrected chi connectivity index (χ1v) is 8.51. The summed E-state index contributed by atoms with van der Waals surface area (Å²) in [6, 6.07) is 3.12. The highest BCUT2D eigenvalue weighted by molar-refractivity contribution is 7.93. The minimum absolute atomic E-state index is 0.101. The number of nitrogens with zero attached hydrogens (tertiary/aromatic N) is 2. The van der Waals surface area contributed by atoms with Crippen LogP contribution in [0.4, 0.5) is 5.69 Å². The molecule has 0 saturated heterocycles. The smallest absolute Gasteiger partial charge is 0.264 e. The molecule has 0 spiro atoms. The largest absolute Gasteiger partial charge is 0.360 e. The third kappa shape index (κ3) is 2.45. The second-order valence-corrected chi connectivity index (χ2v) is 7.30. The van der Waals surface area contributed by atoms with E-state index in [4.69, 9.17) is 23.2 Å². The third-order valence-corrected chi connectivity index (χ3v) is 5.58. The molecule has 3 rings (SSSR count). The van der Waals surface area contributed by atoms with E-state index in [1.807, 2.05) is 0 Å². The number of nitrogens with one attached hydrogen (secondary N) is 2. The van der Waals surface area contributed by atoms with Crippen molar-refractivity contribution in [2.75, 3.05) is 4.72 Å². The predicted octanol–water partition coefficient (Wildman–Crippen LogP) is 3.32. The summed E-state index contributed by atoms with van der Waals surface area (Å²) in [6.07, 6.45) is 2.87. The molecule has 0 aliphatic rings. The molecule has 0 radical (unpaired) electrons. The summed E-state index contributed by atoms with van der Waals surface area (Å²) in [4.78, 5) is 2.99. The number of aryl methyl sites for hydroxylation is 1. The van der Waals surface area contributed by atoms with Gasteiger partial charge in [0.25, 0.3) is 10.0 Å². The molecule has 116 valence electrons. The summed E-state index contributed by atoms with van der Waals surface area (Å²) >= 11 is 11.9. The van der Waals surface area contributed by atoms with Gasteiger partial charge in [-0.1, -0.05) is 23.2 Å². The maximum atomic E-state index is 12.6. The summed E-state index contributed by atoms with van der Waals surface area (Å²) in [6.45, 7) is 1.77. The number of benzene rings is 1. The summed E-state index contributed by atoms with van der Waals surface area (Å²) in [5.41, 5.74) is 1.74. The van der Waals surface area contributed by atoms with Gasteiger partial charge in [0.15, 0.2) is 0 Å². The topological polar surface area (TPSA) is 79.8 Å². The molecule has 3 aromatic rings. The van der Waals surface area contributed by atoms with Gasteiger partial charge in [-0.05, 0) is 19.1 Å². The van der Waals surface area contributed by atoms with E-state index in [-0.39, 0.29) is 4.90 Å². The number of rotatable bonds is 3. The molecule has 6 nitrogen and oxygen atoms in total. The maximum absolute atomic E-state index is 12.6. The van der Waals surface area contributed by atoms with Crippen molar-refractivity contribution >= 4 is 49.8 Å². The third-order valence-electron chi connectivity index (χ3n) is 3.45. The zero-order valence-electron chi connectivity index (χ0n) is 11.7. The number of anilines is 1. The zero-order valence-corrected chi connectivity index (χ0v) is 14.0. The van der Waals surface area contributed by atoms with Gasteiger partial charge >= 0.3 is 0 Å². The first kappa shape index (κ1) is 15.2. The zero-order chi connectivity index (χ0) is 16.1. The average molecular weight is 359 g/mol. The first-order chi connectivity index (χ1) is 10.3. The van der Waals surface area contributed by atoms with E-state index in [9.17, 15) is 8.42 Å². The van der Waals surface area contributed by atoms with E-state index in [2.05, 4.69) is 14.8 Å². The molecule has 0 unspecified atom stereocenters. The summed E-state index contributed by atoms with van der Waals surface area (Å²) in [7, 11) is -2.03. The fourth-order valence-corrected chi connectivity index (χ4v) is 3.71. The quantitative estimate of drug-likeness (QED) is 0.753. The summed E-state index contributed by atoms with van der Waals surface area (Å²) in [5, 5.41) is 5.14. The molecule has 2 aromatic heterocycles. The number of H-pyrrole nitrogens is 1. The van der Waals surface area contributed by atoms with Crippen molar-refractivity contribution in [2.24, 2.45) is 7.05 Å². The lowest BCUT2D eigenvalue weighted by Crippen LogP contribution is -2.13. The van der Waals surface area contributed by atoms with Crippen LogP contribution in [-0.2, 0) is 17.1 Å². The Morgan fingerprint density at radius 1 is 1.27 bits per heavy atom. The molecule has 0 bridgehead atoms. The Hall–Kier alpha value is -1.70. The van der Waals surface area contributed by atoms with Crippen molar-refractivity contribution in [3.63, 3.8) is 0 Å². The lowest BCUT2D eigenvalue weighted by atomic mass is 10.2. The highest BCUT2D eigenvalue weighted by Crippen LogP contribution is 2.32.